The van der Waals surface area contributed by atoms with E-state index in [1.807, 2.05) is 29.2 Å². The second kappa shape index (κ2) is 6.57. The van der Waals surface area contributed by atoms with Gasteiger partial charge in [-0.15, -0.1) is 0 Å². The van der Waals surface area contributed by atoms with Gasteiger partial charge in [0.05, 0.1) is 17.5 Å². The summed E-state index contributed by atoms with van der Waals surface area (Å²) in [5, 5.41) is 11.1. The molecule has 0 saturated carbocycles. The van der Waals surface area contributed by atoms with Crippen LogP contribution in [0.2, 0.25) is 5.02 Å². The van der Waals surface area contributed by atoms with Crippen LogP contribution < -0.4 is 5.32 Å². The van der Waals surface area contributed by atoms with Crippen LogP contribution in [0.1, 0.15) is 23.2 Å². The summed E-state index contributed by atoms with van der Waals surface area (Å²) in [4.78, 5) is 15.0. The number of nitrogens with zero attached hydrogens (tertiary/aromatic N) is 2. The SMILES string of the molecule is O=C(c1cn[nH]c1-c1ccccc1Cl)N1CC[C@@H]2CNC[C@@H]2CC1. The van der Waals surface area contributed by atoms with Crippen LogP contribution in [0.25, 0.3) is 11.3 Å². The van der Waals surface area contributed by atoms with Crippen LogP contribution in [0.4, 0.5) is 0 Å². The zero-order valence-corrected chi connectivity index (χ0v) is 14.2. The quantitative estimate of drug-likeness (QED) is 0.880. The summed E-state index contributed by atoms with van der Waals surface area (Å²) in [5.41, 5.74) is 2.13. The number of amides is 1. The van der Waals surface area contributed by atoms with Crippen molar-refractivity contribution in [2.45, 2.75) is 12.8 Å². The van der Waals surface area contributed by atoms with E-state index >= 15 is 0 Å². The van der Waals surface area contributed by atoms with Gasteiger partial charge in [0.2, 0.25) is 0 Å². The Balaban J connectivity index is 1.57. The van der Waals surface area contributed by atoms with Crippen LogP contribution in [-0.2, 0) is 0 Å². The summed E-state index contributed by atoms with van der Waals surface area (Å²) in [6.45, 7) is 3.80. The first-order valence-corrected chi connectivity index (χ1v) is 8.90. The Morgan fingerprint density at radius 2 is 1.88 bits per heavy atom. The lowest BCUT2D eigenvalue weighted by Gasteiger charge is -2.21. The summed E-state index contributed by atoms with van der Waals surface area (Å²) in [6, 6.07) is 7.53. The minimum absolute atomic E-state index is 0.0478. The van der Waals surface area contributed by atoms with Gasteiger partial charge in [-0.05, 0) is 43.8 Å². The van der Waals surface area contributed by atoms with Crippen molar-refractivity contribution in [2.75, 3.05) is 26.2 Å². The minimum Gasteiger partial charge on any atom is -0.339 e. The molecule has 0 spiro atoms. The van der Waals surface area contributed by atoms with Crippen molar-refractivity contribution in [2.24, 2.45) is 11.8 Å². The second-order valence-corrected chi connectivity index (χ2v) is 7.09. The molecule has 2 fully saturated rings. The number of hydrogen-bond donors (Lipinski definition) is 2. The number of H-pyrrole nitrogens is 1. The van der Waals surface area contributed by atoms with Gasteiger partial charge in [-0.3, -0.25) is 9.89 Å². The summed E-state index contributed by atoms with van der Waals surface area (Å²) in [7, 11) is 0. The molecule has 5 nitrogen and oxygen atoms in total. The molecule has 6 heteroatoms. The van der Waals surface area contributed by atoms with E-state index in [0.29, 0.717) is 28.1 Å². The number of rotatable bonds is 2. The lowest BCUT2D eigenvalue weighted by Crippen LogP contribution is -2.32. The predicted octanol–water partition coefficient (Wildman–Crippen LogP) is 2.80. The van der Waals surface area contributed by atoms with Crippen molar-refractivity contribution in [3.63, 3.8) is 0 Å². The second-order valence-electron chi connectivity index (χ2n) is 6.69. The van der Waals surface area contributed by atoms with Crippen LogP contribution >= 0.6 is 11.6 Å². The summed E-state index contributed by atoms with van der Waals surface area (Å²) >= 11 is 6.29. The predicted molar refractivity (Wildman–Crippen MR) is 94.0 cm³/mol. The molecule has 1 aromatic heterocycles. The van der Waals surface area contributed by atoms with E-state index < -0.39 is 0 Å². The maximum absolute atomic E-state index is 13.0. The zero-order chi connectivity index (χ0) is 16.5. The van der Waals surface area contributed by atoms with E-state index in [1.165, 1.54) is 0 Å². The van der Waals surface area contributed by atoms with Crippen LogP contribution in [0, 0.1) is 11.8 Å². The molecule has 2 atom stereocenters. The van der Waals surface area contributed by atoms with Crippen molar-refractivity contribution >= 4 is 17.5 Å². The minimum atomic E-state index is 0.0478. The van der Waals surface area contributed by atoms with Crippen LogP contribution in [0.3, 0.4) is 0 Å². The highest BCUT2D eigenvalue weighted by Crippen LogP contribution is 2.31. The largest absolute Gasteiger partial charge is 0.339 e. The molecule has 0 aliphatic carbocycles. The van der Waals surface area contributed by atoms with Gasteiger partial charge in [-0.1, -0.05) is 29.8 Å². The highest BCUT2D eigenvalue weighted by Gasteiger charge is 2.32. The van der Waals surface area contributed by atoms with Gasteiger partial charge in [0.25, 0.3) is 5.91 Å². The van der Waals surface area contributed by atoms with Gasteiger partial charge in [0.15, 0.2) is 0 Å². The highest BCUT2D eigenvalue weighted by molar-refractivity contribution is 6.33. The topological polar surface area (TPSA) is 61.0 Å². The average molecular weight is 345 g/mol. The Hall–Kier alpha value is -1.85. The van der Waals surface area contributed by atoms with Gasteiger partial charge in [0.1, 0.15) is 0 Å². The van der Waals surface area contributed by atoms with Crippen LogP contribution in [-0.4, -0.2) is 47.2 Å². The molecule has 1 amide bonds. The Bertz CT molecular complexity index is 730. The molecule has 0 bridgehead atoms. The maximum Gasteiger partial charge on any atom is 0.257 e. The summed E-state index contributed by atoms with van der Waals surface area (Å²) in [6.07, 6.45) is 3.76. The lowest BCUT2D eigenvalue weighted by molar-refractivity contribution is 0.0759. The number of carbonyl (C=O) groups is 1. The first kappa shape index (κ1) is 15.7. The Morgan fingerprint density at radius 3 is 2.58 bits per heavy atom. The molecule has 2 saturated heterocycles. The number of fused-ring (bicyclic) bond motifs is 1. The van der Waals surface area contributed by atoms with Crippen LogP contribution in [0.5, 0.6) is 0 Å². The average Bonchev–Trinajstić information content (AvgIpc) is 3.20. The van der Waals surface area contributed by atoms with Gasteiger partial charge in [-0.25, -0.2) is 0 Å². The molecule has 4 rings (SSSR count). The molecule has 1 aromatic carbocycles. The molecule has 0 unspecified atom stereocenters. The molecule has 2 aliphatic heterocycles. The Labute approximate surface area is 146 Å². The molecule has 2 N–H and O–H groups in total. The van der Waals surface area contributed by atoms with Crippen molar-refractivity contribution in [1.82, 2.24) is 20.4 Å². The maximum atomic E-state index is 13.0. The van der Waals surface area contributed by atoms with E-state index in [0.717, 1.165) is 44.6 Å². The Morgan fingerprint density at radius 1 is 1.17 bits per heavy atom. The number of hydrogen-bond acceptors (Lipinski definition) is 3. The van der Waals surface area contributed by atoms with E-state index in [-0.39, 0.29) is 5.91 Å². The highest BCUT2D eigenvalue weighted by atomic mass is 35.5. The number of likely N-dealkylation sites (tertiary alicyclic amines) is 1. The van der Waals surface area contributed by atoms with Crippen molar-refractivity contribution in [3.8, 4) is 11.3 Å². The fourth-order valence-corrected chi connectivity index (χ4v) is 4.14. The number of benzene rings is 1. The standard InChI is InChI=1S/C18H21ClN4O/c19-16-4-2-1-3-14(16)17-15(11-21-22-17)18(24)23-7-5-12-9-20-10-13(12)6-8-23/h1-4,11-13,20H,5-10H2,(H,21,22)/t12-,13+. The lowest BCUT2D eigenvalue weighted by atomic mass is 9.92. The first-order valence-electron chi connectivity index (χ1n) is 8.52. The first-order chi connectivity index (χ1) is 11.7. The molecular weight excluding hydrogens is 324 g/mol. The van der Waals surface area contributed by atoms with Crippen molar-refractivity contribution in [1.29, 1.82) is 0 Å². The van der Waals surface area contributed by atoms with Gasteiger partial charge >= 0.3 is 0 Å². The summed E-state index contributed by atoms with van der Waals surface area (Å²) < 4.78 is 0. The fraction of sp³-hybridized carbons (Fsp3) is 0.444. The molecule has 2 aromatic rings. The van der Waals surface area contributed by atoms with Gasteiger partial charge in [-0.2, -0.15) is 5.10 Å². The summed E-state index contributed by atoms with van der Waals surface area (Å²) in [5.74, 6) is 1.46. The van der Waals surface area contributed by atoms with E-state index in [1.54, 1.807) is 6.20 Å². The molecule has 2 aliphatic rings. The van der Waals surface area contributed by atoms with Crippen molar-refractivity contribution < 1.29 is 4.79 Å². The third-order valence-electron chi connectivity index (χ3n) is 5.32. The smallest absolute Gasteiger partial charge is 0.257 e. The number of aromatic amines is 1. The number of carbonyl (C=O) groups excluding carboxylic acids is 1. The van der Waals surface area contributed by atoms with Gasteiger partial charge < -0.3 is 10.2 Å². The van der Waals surface area contributed by atoms with E-state index in [2.05, 4.69) is 15.5 Å². The van der Waals surface area contributed by atoms with Crippen LogP contribution in [0.15, 0.2) is 30.5 Å². The number of halogens is 1. The van der Waals surface area contributed by atoms with E-state index in [9.17, 15) is 4.79 Å². The molecule has 24 heavy (non-hydrogen) atoms. The van der Waals surface area contributed by atoms with E-state index in [4.69, 9.17) is 11.6 Å². The molecule has 3 heterocycles. The third kappa shape index (κ3) is 2.82. The third-order valence-corrected chi connectivity index (χ3v) is 5.65. The number of aromatic nitrogens is 2. The normalized spacial score (nSPS) is 23.8. The molecule has 126 valence electrons. The molecule has 0 radical (unpaired) electrons. The Kier molecular flexibility index (Phi) is 4.29. The zero-order valence-electron chi connectivity index (χ0n) is 13.5. The van der Waals surface area contributed by atoms with Crippen molar-refractivity contribution in [3.05, 3.63) is 41.0 Å². The number of nitrogens with one attached hydrogen (secondary N) is 2. The van der Waals surface area contributed by atoms with Gasteiger partial charge in [0, 0.05) is 23.7 Å². The monoisotopic (exact) mass is 344 g/mol. The fourth-order valence-electron chi connectivity index (χ4n) is 3.91. The molecular formula is C18H21ClN4O.